The smallest absolute Gasteiger partial charge is 0.132 e. The summed E-state index contributed by atoms with van der Waals surface area (Å²) >= 11 is 0. The molecule has 106 valence electrons. The van der Waals surface area contributed by atoms with Gasteiger partial charge in [0, 0.05) is 11.6 Å². The zero-order chi connectivity index (χ0) is 14.7. The van der Waals surface area contributed by atoms with E-state index in [9.17, 15) is 8.78 Å². The fourth-order valence-electron chi connectivity index (χ4n) is 1.98. The number of aryl methyl sites for hydroxylation is 1. The Balaban J connectivity index is 2.23. The van der Waals surface area contributed by atoms with Crippen molar-refractivity contribution in [3.8, 4) is 5.75 Å². The zero-order valence-corrected chi connectivity index (χ0v) is 11.5. The largest absolute Gasteiger partial charge is 0.488 e. The van der Waals surface area contributed by atoms with Crippen molar-refractivity contribution in [3.63, 3.8) is 0 Å². The van der Waals surface area contributed by atoms with Crippen LogP contribution in [0.4, 0.5) is 8.78 Å². The number of ether oxygens (including phenoxy) is 1. The maximum absolute atomic E-state index is 13.5. The van der Waals surface area contributed by atoms with Gasteiger partial charge in [0.05, 0.1) is 5.56 Å². The molecule has 20 heavy (non-hydrogen) atoms. The summed E-state index contributed by atoms with van der Waals surface area (Å²) in [4.78, 5) is 0. The van der Waals surface area contributed by atoms with Crippen LogP contribution in [0.15, 0.2) is 36.4 Å². The first kappa shape index (κ1) is 14.5. The molecular formula is C16H17F2NO. The van der Waals surface area contributed by atoms with Crippen LogP contribution in [0, 0.1) is 18.6 Å². The first-order valence-corrected chi connectivity index (χ1v) is 6.41. The quantitative estimate of drug-likeness (QED) is 0.920. The van der Waals surface area contributed by atoms with E-state index < -0.39 is 11.6 Å². The van der Waals surface area contributed by atoms with E-state index in [1.807, 2.05) is 26.0 Å². The Bertz CT molecular complexity index is 591. The zero-order valence-electron chi connectivity index (χ0n) is 11.5. The monoisotopic (exact) mass is 277 g/mol. The molecule has 4 heteroatoms. The van der Waals surface area contributed by atoms with E-state index in [2.05, 4.69) is 0 Å². The van der Waals surface area contributed by atoms with Gasteiger partial charge in [-0.1, -0.05) is 23.8 Å². The second kappa shape index (κ2) is 6.01. The van der Waals surface area contributed by atoms with Crippen LogP contribution in [0.2, 0.25) is 0 Å². The molecule has 0 bridgehead atoms. The van der Waals surface area contributed by atoms with Gasteiger partial charge >= 0.3 is 0 Å². The van der Waals surface area contributed by atoms with Crippen LogP contribution in [0.25, 0.3) is 0 Å². The van der Waals surface area contributed by atoms with Crippen molar-refractivity contribution in [2.24, 2.45) is 5.73 Å². The van der Waals surface area contributed by atoms with E-state index in [0.29, 0.717) is 5.75 Å². The molecule has 0 amide bonds. The number of rotatable bonds is 4. The van der Waals surface area contributed by atoms with E-state index in [-0.39, 0.29) is 18.2 Å². The Labute approximate surface area is 117 Å². The Kier molecular flexibility index (Phi) is 4.35. The number of halogens is 2. The van der Waals surface area contributed by atoms with Gasteiger partial charge in [0.25, 0.3) is 0 Å². The number of nitrogens with two attached hydrogens (primary N) is 1. The van der Waals surface area contributed by atoms with Crippen LogP contribution < -0.4 is 10.5 Å². The summed E-state index contributed by atoms with van der Waals surface area (Å²) in [7, 11) is 0. The third-order valence-electron chi connectivity index (χ3n) is 3.09. The lowest BCUT2D eigenvalue weighted by molar-refractivity contribution is 0.288. The van der Waals surface area contributed by atoms with Crippen molar-refractivity contribution in [3.05, 3.63) is 64.7 Å². The predicted octanol–water partition coefficient (Wildman–Crippen LogP) is 3.87. The fourth-order valence-corrected chi connectivity index (χ4v) is 1.98. The number of hydrogen-bond acceptors (Lipinski definition) is 2. The Morgan fingerprint density at radius 3 is 2.40 bits per heavy atom. The van der Waals surface area contributed by atoms with Crippen molar-refractivity contribution in [2.45, 2.75) is 26.5 Å². The highest BCUT2D eigenvalue weighted by molar-refractivity contribution is 5.39. The molecule has 0 aliphatic rings. The second-order valence-corrected chi connectivity index (χ2v) is 4.82. The lowest BCUT2D eigenvalue weighted by Crippen LogP contribution is -2.09. The van der Waals surface area contributed by atoms with E-state index in [1.54, 1.807) is 6.07 Å². The third kappa shape index (κ3) is 3.14. The summed E-state index contributed by atoms with van der Waals surface area (Å²) in [6, 6.07) is 9.10. The SMILES string of the molecule is Cc1ccc(OCc2c(F)cccc2F)c([C@@H](C)N)c1. The van der Waals surface area contributed by atoms with Crippen LogP contribution in [0.5, 0.6) is 5.75 Å². The van der Waals surface area contributed by atoms with Crippen molar-refractivity contribution in [2.75, 3.05) is 0 Å². The summed E-state index contributed by atoms with van der Waals surface area (Å²) in [6.07, 6.45) is 0. The minimum atomic E-state index is -0.612. The molecule has 2 aromatic rings. The lowest BCUT2D eigenvalue weighted by atomic mass is 10.1. The Hall–Kier alpha value is -1.94. The maximum atomic E-state index is 13.5. The molecule has 2 nitrogen and oxygen atoms in total. The van der Waals surface area contributed by atoms with E-state index in [0.717, 1.165) is 11.1 Å². The predicted molar refractivity (Wildman–Crippen MR) is 74.5 cm³/mol. The molecule has 0 radical (unpaired) electrons. The summed E-state index contributed by atoms with van der Waals surface area (Å²) < 4.78 is 32.6. The van der Waals surface area contributed by atoms with Crippen LogP contribution >= 0.6 is 0 Å². The molecule has 2 rings (SSSR count). The molecule has 0 aromatic heterocycles. The molecule has 2 N–H and O–H groups in total. The van der Waals surface area contributed by atoms with Crippen molar-refractivity contribution in [1.82, 2.24) is 0 Å². The summed E-state index contributed by atoms with van der Waals surface area (Å²) in [5, 5.41) is 0. The highest BCUT2D eigenvalue weighted by Gasteiger charge is 2.12. The Morgan fingerprint density at radius 2 is 1.80 bits per heavy atom. The van der Waals surface area contributed by atoms with Gasteiger partial charge in [-0.2, -0.15) is 0 Å². The molecule has 0 unspecified atom stereocenters. The lowest BCUT2D eigenvalue weighted by Gasteiger charge is -2.15. The normalized spacial score (nSPS) is 12.2. The topological polar surface area (TPSA) is 35.2 Å². The third-order valence-corrected chi connectivity index (χ3v) is 3.09. The minimum absolute atomic E-state index is 0.0799. The van der Waals surface area contributed by atoms with Gasteiger partial charge in [-0.25, -0.2) is 8.78 Å². The molecule has 0 aliphatic heterocycles. The summed E-state index contributed by atoms with van der Waals surface area (Å²) in [5.41, 5.74) is 7.68. The fraction of sp³-hybridized carbons (Fsp3) is 0.250. The van der Waals surface area contributed by atoms with E-state index in [4.69, 9.17) is 10.5 Å². The highest BCUT2D eigenvalue weighted by Crippen LogP contribution is 2.26. The van der Waals surface area contributed by atoms with Gasteiger partial charge in [0.1, 0.15) is 24.0 Å². The van der Waals surface area contributed by atoms with Crippen molar-refractivity contribution < 1.29 is 13.5 Å². The molecule has 1 atom stereocenters. The maximum Gasteiger partial charge on any atom is 0.132 e. The minimum Gasteiger partial charge on any atom is -0.488 e. The molecule has 0 aliphatic carbocycles. The second-order valence-electron chi connectivity index (χ2n) is 4.82. The van der Waals surface area contributed by atoms with Gasteiger partial charge in [-0.15, -0.1) is 0 Å². The molecule has 0 saturated heterocycles. The first-order valence-electron chi connectivity index (χ1n) is 6.41. The van der Waals surface area contributed by atoms with Gasteiger partial charge in [0.15, 0.2) is 0 Å². The highest BCUT2D eigenvalue weighted by atomic mass is 19.1. The summed E-state index contributed by atoms with van der Waals surface area (Å²) in [6.45, 7) is 3.62. The number of hydrogen-bond donors (Lipinski definition) is 1. The van der Waals surface area contributed by atoms with Gasteiger partial charge in [0.2, 0.25) is 0 Å². The Morgan fingerprint density at radius 1 is 1.15 bits per heavy atom. The average Bonchev–Trinajstić information content (AvgIpc) is 2.39. The average molecular weight is 277 g/mol. The molecule has 0 heterocycles. The molecule has 0 saturated carbocycles. The van der Waals surface area contributed by atoms with Gasteiger partial charge in [-0.3, -0.25) is 0 Å². The van der Waals surface area contributed by atoms with Crippen LogP contribution in [-0.4, -0.2) is 0 Å². The van der Waals surface area contributed by atoms with Gasteiger partial charge < -0.3 is 10.5 Å². The number of benzene rings is 2. The van der Waals surface area contributed by atoms with Crippen LogP contribution in [0.1, 0.15) is 29.7 Å². The molecule has 2 aromatic carbocycles. The molecule has 0 fully saturated rings. The van der Waals surface area contributed by atoms with Gasteiger partial charge in [-0.05, 0) is 32.0 Å². The standard InChI is InChI=1S/C16H17F2NO/c1-10-6-7-16(12(8-10)11(2)19)20-9-13-14(17)4-3-5-15(13)18/h3-8,11H,9,19H2,1-2H3/t11-/m1/s1. The first-order chi connectivity index (χ1) is 9.49. The molecular weight excluding hydrogens is 260 g/mol. The molecule has 0 spiro atoms. The van der Waals surface area contributed by atoms with Crippen molar-refractivity contribution >= 4 is 0 Å². The van der Waals surface area contributed by atoms with Crippen LogP contribution in [0.3, 0.4) is 0 Å². The van der Waals surface area contributed by atoms with E-state index >= 15 is 0 Å². The van der Waals surface area contributed by atoms with E-state index in [1.165, 1.54) is 18.2 Å². The van der Waals surface area contributed by atoms with Crippen molar-refractivity contribution in [1.29, 1.82) is 0 Å². The van der Waals surface area contributed by atoms with Crippen LogP contribution in [-0.2, 0) is 6.61 Å². The summed E-state index contributed by atoms with van der Waals surface area (Å²) in [5.74, 6) is -0.674.